The third-order valence-corrected chi connectivity index (χ3v) is 4.74. The third-order valence-electron chi connectivity index (χ3n) is 4.74. The van der Waals surface area contributed by atoms with Crippen molar-refractivity contribution < 1.29 is 13.9 Å². The van der Waals surface area contributed by atoms with E-state index >= 15 is 0 Å². The van der Waals surface area contributed by atoms with E-state index in [9.17, 15) is 14.0 Å². The summed E-state index contributed by atoms with van der Waals surface area (Å²) < 4.78 is 21.5. The number of ether oxygens (including phenoxy) is 1. The minimum absolute atomic E-state index is 0.159. The SMILES string of the molecule is COCCN(C)C(=O)c1cn2cc(-c3ccc(F)cc3)n(CC=C(C)C)c(=O)c2n1. The first kappa shape index (κ1) is 21.4. The van der Waals surface area contributed by atoms with Gasteiger partial charge in [-0.15, -0.1) is 0 Å². The van der Waals surface area contributed by atoms with E-state index in [0.29, 0.717) is 31.0 Å². The van der Waals surface area contributed by atoms with Gasteiger partial charge in [-0.05, 0) is 43.7 Å². The lowest BCUT2D eigenvalue weighted by Crippen LogP contribution is -2.30. The van der Waals surface area contributed by atoms with Crippen LogP contribution in [-0.4, -0.2) is 52.1 Å². The quantitative estimate of drug-likeness (QED) is 0.560. The molecular formula is C22H25FN4O3. The third kappa shape index (κ3) is 4.49. The number of amides is 1. The van der Waals surface area contributed by atoms with Gasteiger partial charge in [0.25, 0.3) is 11.5 Å². The molecule has 3 aromatic rings. The smallest absolute Gasteiger partial charge is 0.295 e. The molecule has 7 nitrogen and oxygen atoms in total. The lowest BCUT2D eigenvalue weighted by molar-refractivity contribution is 0.0739. The molecule has 0 radical (unpaired) electrons. The van der Waals surface area contributed by atoms with Gasteiger partial charge in [0.1, 0.15) is 11.5 Å². The van der Waals surface area contributed by atoms with Crippen LogP contribution in [0.1, 0.15) is 24.3 Å². The second-order valence-electron chi connectivity index (χ2n) is 7.29. The number of allylic oxidation sites excluding steroid dienone is 2. The maximum atomic E-state index is 13.4. The van der Waals surface area contributed by atoms with Crippen LogP contribution < -0.4 is 5.56 Å². The molecule has 0 aliphatic carbocycles. The van der Waals surface area contributed by atoms with E-state index in [0.717, 1.165) is 5.57 Å². The van der Waals surface area contributed by atoms with Crippen molar-refractivity contribution in [1.29, 1.82) is 0 Å². The van der Waals surface area contributed by atoms with E-state index in [1.54, 1.807) is 47.7 Å². The average Bonchev–Trinajstić information content (AvgIpc) is 3.15. The molecule has 0 aliphatic rings. The van der Waals surface area contributed by atoms with Crippen molar-refractivity contribution in [3.05, 3.63) is 70.2 Å². The van der Waals surface area contributed by atoms with Crippen LogP contribution in [0, 0.1) is 5.82 Å². The molecule has 0 saturated carbocycles. The summed E-state index contributed by atoms with van der Waals surface area (Å²) in [6.45, 7) is 5.05. The zero-order valence-corrected chi connectivity index (χ0v) is 17.6. The Balaban J connectivity index is 2.13. The summed E-state index contributed by atoms with van der Waals surface area (Å²) in [5, 5.41) is 0. The zero-order valence-electron chi connectivity index (χ0n) is 17.6. The van der Waals surface area contributed by atoms with Crippen LogP contribution in [0.5, 0.6) is 0 Å². The highest BCUT2D eigenvalue weighted by Gasteiger charge is 2.19. The number of hydrogen-bond donors (Lipinski definition) is 0. The van der Waals surface area contributed by atoms with Crippen LogP contribution in [0.2, 0.25) is 0 Å². The molecule has 30 heavy (non-hydrogen) atoms. The Morgan fingerprint density at radius 3 is 2.57 bits per heavy atom. The Kier molecular flexibility index (Phi) is 6.47. The second-order valence-corrected chi connectivity index (χ2v) is 7.29. The summed E-state index contributed by atoms with van der Waals surface area (Å²) in [4.78, 5) is 31.7. The first-order valence-electron chi connectivity index (χ1n) is 9.58. The normalized spacial score (nSPS) is 11.0. The lowest BCUT2D eigenvalue weighted by Gasteiger charge is -2.14. The number of carbonyl (C=O) groups excluding carboxylic acids is 1. The molecule has 2 heterocycles. The fraction of sp³-hybridized carbons (Fsp3) is 0.318. The maximum absolute atomic E-state index is 13.4. The molecule has 8 heteroatoms. The Bertz CT molecular complexity index is 1140. The Labute approximate surface area is 174 Å². The largest absolute Gasteiger partial charge is 0.383 e. The van der Waals surface area contributed by atoms with Gasteiger partial charge >= 0.3 is 0 Å². The molecule has 1 aromatic carbocycles. The van der Waals surface area contributed by atoms with Crippen molar-refractivity contribution >= 4 is 11.6 Å². The first-order valence-corrected chi connectivity index (χ1v) is 9.58. The molecule has 0 N–H and O–H groups in total. The minimum Gasteiger partial charge on any atom is -0.383 e. The molecule has 0 unspecified atom stereocenters. The number of benzene rings is 1. The maximum Gasteiger partial charge on any atom is 0.295 e. The fourth-order valence-electron chi connectivity index (χ4n) is 3.02. The highest BCUT2D eigenvalue weighted by atomic mass is 19.1. The number of halogens is 1. The number of aromatic nitrogens is 3. The predicted octanol–water partition coefficient (Wildman–Crippen LogP) is 2.99. The molecule has 3 rings (SSSR count). The summed E-state index contributed by atoms with van der Waals surface area (Å²) in [5.74, 6) is -0.651. The van der Waals surface area contributed by atoms with Crippen molar-refractivity contribution in [3.8, 4) is 11.3 Å². The standard InChI is InChI=1S/C22H25FN4O3/c1-15(2)9-10-27-19(16-5-7-17(23)8-6-16)14-26-13-18(24-20(26)22(27)29)21(28)25(3)11-12-30-4/h5-9,13-14H,10-12H2,1-4H3. The van der Waals surface area contributed by atoms with Gasteiger partial charge in [-0.2, -0.15) is 0 Å². The molecule has 158 valence electrons. The van der Waals surface area contributed by atoms with Crippen LogP contribution in [0.4, 0.5) is 4.39 Å². The van der Waals surface area contributed by atoms with Crippen molar-refractivity contribution in [1.82, 2.24) is 18.9 Å². The van der Waals surface area contributed by atoms with Crippen molar-refractivity contribution in [2.45, 2.75) is 20.4 Å². The van der Waals surface area contributed by atoms with Crippen molar-refractivity contribution in [2.75, 3.05) is 27.3 Å². The van der Waals surface area contributed by atoms with Gasteiger partial charge in [0.15, 0.2) is 0 Å². The van der Waals surface area contributed by atoms with Crippen LogP contribution in [0.15, 0.2) is 53.1 Å². The van der Waals surface area contributed by atoms with E-state index in [1.165, 1.54) is 17.0 Å². The molecule has 0 atom stereocenters. The summed E-state index contributed by atoms with van der Waals surface area (Å²) in [5.41, 5.74) is 2.37. The molecule has 1 amide bonds. The van der Waals surface area contributed by atoms with Crippen molar-refractivity contribution in [3.63, 3.8) is 0 Å². The highest BCUT2D eigenvalue weighted by Crippen LogP contribution is 2.20. The number of nitrogens with zero attached hydrogens (tertiary/aromatic N) is 4. The van der Waals surface area contributed by atoms with Crippen LogP contribution in [0.3, 0.4) is 0 Å². The summed E-state index contributed by atoms with van der Waals surface area (Å²) in [6, 6.07) is 5.94. The number of methoxy groups -OCH3 is 1. The van der Waals surface area contributed by atoms with E-state index in [4.69, 9.17) is 4.74 Å². The Morgan fingerprint density at radius 1 is 1.23 bits per heavy atom. The molecule has 2 aromatic heterocycles. The highest BCUT2D eigenvalue weighted by molar-refractivity contribution is 5.92. The van der Waals surface area contributed by atoms with Gasteiger partial charge in [0, 0.05) is 39.6 Å². The fourth-order valence-corrected chi connectivity index (χ4v) is 3.02. The number of hydrogen-bond acceptors (Lipinski definition) is 4. The van der Waals surface area contributed by atoms with E-state index in [2.05, 4.69) is 4.98 Å². The van der Waals surface area contributed by atoms with Gasteiger partial charge < -0.3 is 9.64 Å². The Hall–Kier alpha value is -3.26. The van der Waals surface area contributed by atoms with Gasteiger partial charge in [0.05, 0.1) is 12.3 Å². The molecule has 0 fully saturated rings. The number of likely N-dealkylation sites (N-methyl/N-ethyl adjacent to an activating group) is 1. The van der Waals surface area contributed by atoms with Gasteiger partial charge in [-0.25, -0.2) is 9.37 Å². The second kappa shape index (κ2) is 9.04. The molecule has 0 saturated heterocycles. The molecular weight excluding hydrogens is 387 g/mol. The number of imidazole rings is 1. The average molecular weight is 412 g/mol. The van der Waals surface area contributed by atoms with Gasteiger partial charge in [-0.3, -0.25) is 18.6 Å². The minimum atomic E-state index is -0.354. The van der Waals surface area contributed by atoms with Gasteiger partial charge in [-0.1, -0.05) is 11.6 Å². The number of rotatable bonds is 7. The number of fused-ring (bicyclic) bond motifs is 1. The topological polar surface area (TPSA) is 68.8 Å². The van der Waals surface area contributed by atoms with Gasteiger partial charge in [0.2, 0.25) is 5.65 Å². The molecule has 0 spiro atoms. The summed E-state index contributed by atoms with van der Waals surface area (Å²) in [7, 11) is 3.22. The van der Waals surface area contributed by atoms with Crippen molar-refractivity contribution in [2.24, 2.45) is 0 Å². The Morgan fingerprint density at radius 2 is 1.93 bits per heavy atom. The van der Waals surface area contributed by atoms with E-state index in [1.807, 2.05) is 19.9 Å². The van der Waals surface area contributed by atoms with Crippen LogP contribution in [0.25, 0.3) is 16.9 Å². The monoisotopic (exact) mass is 412 g/mol. The summed E-state index contributed by atoms with van der Waals surface area (Å²) >= 11 is 0. The first-order chi connectivity index (χ1) is 14.3. The molecule has 0 aliphatic heterocycles. The van der Waals surface area contributed by atoms with Crippen LogP contribution >= 0.6 is 0 Å². The van der Waals surface area contributed by atoms with Crippen LogP contribution in [-0.2, 0) is 11.3 Å². The summed E-state index contributed by atoms with van der Waals surface area (Å²) in [6.07, 6.45) is 5.21. The number of carbonyl (C=O) groups is 1. The molecule has 0 bridgehead atoms. The van der Waals surface area contributed by atoms with E-state index < -0.39 is 0 Å². The lowest BCUT2D eigenvalue weighted by atomic mass is 10.1. The zero-order chi connectivity index (χ0) is 21.8. The predicted molar refractivity (Wildman–Crippen MR) is 113 cm³/mol. The van der Waals surface area contributed by atoms with E-state index in [-0.39, 0.29) is 28.6 Å².